The van der Waals surface area contributed by atoms with Crippen molar-refractivity contribution >= 4 is 21.8 Å². The summed E-state index contributed by atoms with van der Waals surface area (Å²) in [6.07, 6.45) is 8.91. The van der Waals surface area contributed by atoms with Crippen LogP contribution in [0.25, 0.3) is 0 Å². The number of nitrogens with one attached hydrogen (secondary N) is 1. The summed E-state index contributed by atoms with van der Waals surface area (Å²) in [5.74, 6) is 0.144. The van der Waals surface area contributed by atoms with E-state index in [1.807, 2.05) is 6.20 Å². The number of amides is 1. The third kappa shape index (κ3) is 3.06. The molecular weight excluding hydrogens is 320 g/mol. The molecule has 2 atom stereocenters. The third-order valence-electron chi connectivity index (χ3n) is 4.63. The number of carbonyl (C=O) groups is 1. The van der Waals surface area contributed by atoms with Gasteiger partial charge in [0.1, 0.15) is 0 Å². The summed E-state index contributed by atoms with van der Waals surface area (Å²) in [6, 6.07) is 1.70. The van der Waals surface area contributed by atoms with Gasteiger partial charge in [-0.3, -0.25) is 9.48 Å². The summed E-state index contributed by atoms with van der Waals surface area (Å²) in [5, 5.41) is 7.36. The van der Waals surface area contributed by atoms with E-state index in [2.05, 4.69) is 38.3 Å². The highest BCUT2D eigenvalue weighted by Gasteiger charge is 2.38. The van der Waals surface area contributed by atoms with Gasteiger partial charge in [-0.1, -0.05) is 0 Å². The van der Waals surface area contributed by atoms with E-state index in [0.29, 0.717) is 31.1 Å². The average molecular weight is 341 g/mol. The summed E-state index contributed by atoms with van der Waals surface area (Å²) in [6.45, 7) is 0.636. The van der Waals surface area contributed by atoms with Crippen molar-refractivity contribution in [1.82, 2.24) is 20.0 Å². The molecule has 110 valence electrons. The Kier molecular flexibility index (Phi) is 4.12. The number of carbonyl (C=O) groups excluding carboxylic acids is 1. The summed E-state index contributed by atoms with van der Waals surface area (Å²) in [7, 11) is 2.22. The number of nitrogens with zero attached hydrogens (tertiary/aromatic N) is 3. The summed E-state index contributed by atoms with van der Waals surface area (Å²) in [4.78, 5) is 14.5. The number of aryl methyl sites for hydroxylation is 1. The van der Waals surface area contributed by atoms with Crippen LogP contribution in [-0.2, 0) is 11.3 Å². The lowest BCUT2D eigenvalue weighted by Crippen LogP contribution is -2.48. The van der Waals surface area contributed by atoms with E-state index in [4.69, 9.17) is 0 Å². The molecule has 2 bridgehead atoms. The summed E-state index contributed by atoms with van der Waals surface area (Å²) < 4.78 is 2.74. The van der Waals surface area contributed by atoms with Crippen LogP contribution in [0, 0.1) is 0 Å². The fraction of sp³-hybridized carbons (Fsp3) is 0.714. The average Bonchev–Trinajstić information content (AvgIpc) is 2.89. The number of piperidine rings is 1. The first-order valence-corrected chi connectivity index (χ1v) is 8.10. The standard InChI is InChI=1S/C14H21BrN4O/c1-18-12-2-3-13(18)7-11(6-12)17-14(20)4-5-19-9-10(15)8-16-19/h8-9,11-13H,2-7H2,1H3,(H,17,20). The van der Waals surface area contributed by atoms with Gasteiger partial charge >= 0.3 is 0 Å². The van der Waals surface area contributed by atoms with Gasteiger partial charge in [-0.25, -0.2) is 0 Å². The van der Waals surface area contributed by atoms with Crippen LogP contribution in [0.4, 0.5) is 0 Å². The maximum atomic E-state index is 12.0. The minimum absolute atomic E-state index is 0.144. The molecular formula is C14H21BrN4O. The van der Waals surface area contributed by atoms with Gasteiger partial charge in [-0.05, 0) is 48.7 Å². The topological polar surface area (TPSA) is 50.2 Å². The normalized spacial score (nSPS) is 29.6. The number of rotatable bonds is 4. The molecule has 2 fully saturated rings. The van der Waals surface area contributed by atoms with E-state index in [9.17, 15) is 4.79 Å². The number of aromatic nitrogens is 2. The summed E-state index contributed by atoms with van der Waals surface area (Å²) in [5.41, 5.74) is 0. The second-order valence-corrected chi connectivity index (χ2v) is 6.87. The Labute approximate surface area is 127 Å². The van der Waals surface area contributed by atoms with E-state index in [1.54, 1.807) is 10.9 Å². The first-order chi connectivity index (χ1) is 9.61. The third-order valence-corrected chi connectivity index (χ3v) is 5.04. The number of fused-ring (bicyclic) bond motifs is 2. The first kappa shape index (κ1) is 14.1. The van der Waals surface area contributed by atoms with Crippen molar-refractivity contribution in [2.75, 3.05) is 7.05 Å². The molecule has 20 heavy (non-hydrogen) atoms. The molecule has 1 aromatic rings. The second-order valence-electron chi connectivity index (χ2n) is 5.96. The molecule has 2 aliphatic heterocycles. The van der Waals surface area contributed by atoms with Crippen LogP contribution in [0.2, 0.25) is 0 Å². The van der Waals surface area contributed by atoms with Gasteiger partial charge < -0.3 is 10.2 Å². The fourth-order valence-corrected chi connectivity index (χ4v) is 3.83. The van der Waals surface area contributed by atoms with E-state index in [1.165, 1.54) is 12.8 Å². The summed E-state index contributed by atoms with van der Waals surface area (Å²) >= 11 is 3.36. The molecule has 1 N–H and O–H groups in total. The lowest BCUT2D eigenvalue weighted by Gasteiger charge is -2.36. The number of hydrogen-bond acceptors (Lipinski definition) is 3. The lowest BCUT2D eigenvalue weighted by atomic mass is 9.98. The van der Waals surface area contributed by atoms with Gasteiger partial charge in [0.05, 0.1) is 10.7 Å². The van der Waals surface area contributed by atoms with Crippen LogP contribution in [0.3, 0.4) is 0 Å². The molecule has 0 aromatic carbocycles. The van der Waals surface area contributed by atoms with Crippen molar-refractivity contribution in [2.45, 2.75) is 56.8 Å². The van der Waals surface area contributed by atoms with Gasteiger partial charge in [-0.15, -0.1) is 0 Å². The van der Waals surface area contributed by atoms with Gasteiger partial charge in [0.25, 0.3) is 0 Å². The van der Waals surface area contributed by atoms with Crippen molar-refractivity contribution in [3.05, 3.63) is 16.9 Å². The van der Waals surface area contributed by atoms with Crippen molar-refractivity contribution in [3.8, 4) is 0 Å². The van der Waals surface area contributed by atoms with Crippen LogP contribution in [0.1, 0.15) is 32.1 Å². The number of hydrogen-bond donors (Lipinski definition) is 1. The highest BCUT2D eigenvalue weighted by molar-refractivity contribution is 9.10. The molecule has 2 unspecified atom stereocenters. The predicted octanol–water partition coefficient (Wildman–Crippen LogP) is 1.78. The Balaban J connectivity index is 1.45. The van der Waals surface area contributed by atoms with Crippen molar-refractivity contribution in [1.29, 1.82) is 0 Å². The Morgan fingerprint density at radius 1 is 1.45 bits per heavy atom. The van der Waals surface area contributed by atoms with Crippen LogP contribution >= 0.6 is 15.9 Å². The maximum Gasteiger partial charge on any atom is 0.222 e. The van der Waals surface area contributed by atoms with Gasteiger partial charge in [0.15, 0.2) is 0 Å². The van der Waals surface area contributed by atoms with Crippen molar-refractivity contribution in [3.63, 3.8) is 0 Å². The first-order valence-electron chi connectivity index (χ1n) is 7.31. The molecule has 1 amide bonds. The largest absolute Gasteiger partial charge is 0.353 e. The Bertz CT molecular complexity index is 475. The quantitative estimate of drug-likeness (QED) is 0.908. The minimum Gasteiger partial charge on any atom is -0.353 e. The van der Waals surface area contributed by atoms with Crippen LogP contribution in [0.5, 0.6) is 0 Å². The van der Waals surface area contributed by atoms with E-state index in [0.717, 1.165) is 17.3 Å². The smallest absolute Gasteiger partial charge is 0.222 e. The zero-order valence-electron chi connectivity index (χ0n) is 11.8. The molecule has 3 rings (SSSR count). The Hall–Kier alpha value is -0.880. The molecule has 2 aliphatic rings. The molecule has 0 spiro atoms. The molecule has 1 aromatic heterocycles. The molecule has 0 saturated carbocycles. The van der Waals surface area contributed by atoms with Crippen molar-refractivity contribution in [2.24, 2.45) is 0 Å². The van der Waals surface area contributed by atoms with Crippen molar-refractivity contribution < 1.29 is 4.79 Å². The highest BCUT2D eigenvalue weighted by atomic mass is 79.9. The van der Waals surface area contributed by atoms with E-state index < -0.39 is 0 Å². The lowest BCUT2D eigenvalue weighted by molar-refractivity contribution is -0.122. The zero-order chi connectivity index (χ0) is 14.1. The van der Waals surface area contributed by atoms with E-state index >= 15 is 0 Å². The Morgan fingerprint density at radius 2 is 2.15 bits per heavy atom. The van der Waals surface area contributed by atoms with Crippen LogP contribution in [0.15, 0.2) is 16.9 Å². The number of halogens is 1. The minimum atomic E-state index is 0.144. The van der Waals surface area contributed by atoms with Crippen LogP contribution < -0.4 is 5.32 Å². The fourth-order valence-electron chi connectivity index (χ4n) is 3.51. The zero-order valence-corrected chi connectivity index (χ0v) is 13.3. The molecule has 5 nitrogen and oxygen atoms in total. The monoisotopic (exact) mass is 340 g/mol. The SMILES string of the molecule is CN1C2CCC1CC(NC(=O)CCn1cc(Br)cn1)C2. The van der Waals surface area contributed by atoms with Gasteiger partial charge in [-0.2, -0.15) is 5.10 Å². The second kappa shape index (κ2) is 5.85. The maximum absolute atomic E-state index is 12.0. The molecule has 6 heteroatoms. The van der Waals surface area contributed by atoms with E-state index in [-0.39, 0.29) is 5.91 Å². The molecule has 0 radical (unpaired) electrons. The highest BCUT2D eigenvalue weighted by Crippen LogP contribution is 2.34. The molecule has 2 saturated heterocycles. The van der Waals surface area contributed by atoms with Crippen LogP contribution in [-0.4, -0.2) is 45.8 Å². The Morgan fingerprint density at radius 3 is 2.75 bits per heavy atom. The molecule has 3 heterocycles. The van der Waals surface area contributed by atoms with Gasteiger partial charge in [0.2, 0.25) is 5.91 Å². The molecule has 0 aliphatic carbocycles. The predicted molar refractivity (Wildman–Crippen MR) is 80.3 cm³/mol. The van der Waals surface area contributed by atoms with Gasteiger partial charge in [0, 0.05) is 37.3 Å².